The SMILES string of the molecule is CCOC(=O)COc1c(Br)cc(/C=C2/SC(=O)N(CC(=O)N3CCCC3)C2=O)cc1OCC. The van der Waals surface area contributed by atoms with Gasteiger partial charge in [-0.2, -0.15) is 0 Å². The molecule has 1 aromatic carbocycles. The standard InChI is InChI=1S/C22H25BrN2O7S/c1-3-30-16-10-14(9-15(23)20(16)32-13-19(27)31-4-2)11-17-21(28)25(22(29)33-17)12-18(26)24-7-5-6-8-24/h9-11H,3-8,12-13H2,1-2H3/b17-11+. The maximum absolute atomic E-state index is 12.8. The summed E-state index contributed by atoms with van der Waals surface area (Å²) in [6.45, 7) is 4.89. The average Bonchev–Trinajstić information content (AvgIpc) is 3.39. The number of nitrogens with zero attached hydrogens (tertiary/aromatic N) is 2. The van der Waals surface area contributed by atoms with Gasteiger partial charge in [0, 0.05) is 13.1 Å². The molecule has 178 valence electrons. The number of rotatable bonds is 9. The fourth-order valence-corrected chi connectivity index (χ4v) is 4.81. The van der Waals surface area contributed by atoms with Gasteiger partial charge in [0.1, 0.15) is 6.54 Å². The van der Waals surface area contributed by atoms with Gasteiger partial charge in [0.05, 0.1) is 22.6 Å². The predicted molar refractivity (Wildman–Crippen MR) is 126 cm³/mol. The largest absolute Gasteiger partial charge is 0.490 e. The molecule has 11 heteroatoms. The number of carbonyl (C=O) groups is 4. The number of esters is 1. The van der Waals surface area contributed by atoms with Crippen LogP contribution in [0.1, 0.15) is 32.3 Å². The van der Waals surface area contributed by atoms with E-state index in [9.17, 15) is 19.2 Å². The van der Waals surface area contributed by atoms with Gasteiger partial charge >= 0.3 is 5.97 Å². The highest BCUT2D eigenvalue weighted by molar-refractivity contribution is 9.10. The van der Waals surface area contributed by atoms with Crippen molar-refractivity contribution >= 4 is 56.8 Å². The molecule has 33 heavy (non-hydrogen) atoms. The smallest absolute Gasteiger partial charge is 0.344 e. The van der Waals surface area contributed by atoms with E-state index in [1.807, 2.05) is 0 Å². The number of ether oxygens (including phenoxy) is 3. The summed E-state index contributed by atoms with van der Waals surface area (Å²) in [5, 5.41) is -0.475. The van der Waals surface area contributed by atoms with Crippen molar-refractivity contribution in [3.8, 4) is 11.5 Å². The van der Waals surface area contributed by atoms with Gasteiger partial charge in [-0.05, 0) is 78.2 Å². The summed E-state index contributed by atoms with van der Waals surface area (Å²) in [4.78, 5) is 52.1. The first-order chi connectivity index (χ1) is 15.8. The molecule has 0 aromatic heterocycles. The Labute approximate surface area is 204 Å². The zero-order valence-corrected chi connectivity index (χ0v) is 20.8. The second-order valence-corrected chi connectivity index (χ2v) is 9.06. The highest BCUT2D eigenvalue weighted by Gasteiger charge is 2.37. The van der Waals surface area contributed by atoms with Gasteiger partial charge in [0.2, 0.25) is 5.91 Å². The number of amides is 3. The average molecular weight is 541 g/mol. The van der Waals surface area contributed by atoms with E-state index in [4.69, 9.17) is 14.2 Å². The van der Waals surface area contributed by atoms with E-state index in [1.165, 1.54) is 0 Å². The first kappa shape index (κ1) is 25.1. The normalized spacial score (nSPS) is 17.1. The van der Waals surface area contributed by atoms with Crippen LogP contribution >= 0.6 is 27.7 Å². The molecule has 0 unspecified atom stereocenters. The number of carbonyl (C=O) groups excluding carboxylic acids is 4. The molecular weight excluding hydrogens is 516 g/mol. The van der Waals surface area contributed by atoms with E-state index in [1.54, 1.807) is 37.0 Å². The van der Waals surface area contributed by atoms with Gasteiger partial charge < -0.3 is 19.1 Å². The molecule has 9 nitrogen and oxygen atoms in total. The zero-order valence-electron chi connectivity index (χ0n) is 18.4. The first-order valence-electron chi connectivity index (χ1n) is 10.6. The summed E-state index contributed by atoms with van der Waals surface area (Å²) in [7, 11) is 0. The second-order valence-electron chi connectivity index (χ2n) is 7.21. The van der Waals surface area contributed by atoms with Gasteiger partial charge in [0.15, 0.2) is 18.1 Å². The van der Waals surface area contributed by atoms with Gasteiger partial charge in [-0.15, -0.1) is 0 Å². The number of imide groups is 1. The van der Waals surface area contributed by atoms with Crippen LogP contribution in [0.4, 0.5) is 4.79 Å². The van der Waals surface area contributed by atoms with Gasteiger partial charge in [-0.25, -0.2) is 4.79 Å². The number of thioether (sulfide) groups is 1. The maximum Gasteiger partial charge on any atom is 0.344 e. The Kier molecular flexibility index (Phi) is 8.79. The number of likely N-dealkylation sites (tertiary alicyclic amines) is 1. The highest BCUT2D eigenvalue weighted by atomic mass is 79.9. The van der Waals surface area contributed by atoms with E-state index < -0.39 is 17.1 Å². The molecule has 0 saturated carbocycles. The molecule has 3 rings (SSSR count). The number of benzene rings is 1. The lowest BCUT2D eigenvalue weighted by molar-refractivity contribution is -0.145. The van der Waals surface area contributed by atoms with Crippen LogP contribution in [-0.2, 0) is 19.1 Å². The minimum absolute atomic E-state index is 0.212. The van der Waals surface area contributed by atoms with E-state index in [0.29, 0.717) is 41.2 Å². The van der Waals surface area contributed by atoms with E-state index in [-0.39, 0.29) is 30.6 Å². The van der Waals surface area contributed by atoms with Gasteiger partial charge in [-0.3, -0.25) is 19.3 Å². The lowest BCUT2D eigenvalue weighted by atomic mass is 10.2. The van der Waals surface area contributed by atoms with Crippen molar-refractivity contribution in [2.75, 3.05) is 39.5 Å². The van der Waals surface area contributed by atoms with Crippen LogP contribution in [0.15, 0.2) is 21.5 Å². The molecule has 2 aliphatic rings. The van der Waals surface area contributed by atoms with E-state index in [2.05, 4.69) is 15.9 Å². The fraction of sp³-hybridized carbons (Fsp3) is 0.455. The lowest BCUT2D eigenvalue weighted by Gasteiger charge is -2.18. The van der Waals surface area contributed by atoms with E-state index >= 15 is 0 Å². The maximum atomic E-state index is 12.8. The van der Waals surface area contributed by atoms with Crippen molar-refractivity contribution in [3.05, 3.63) is 27.1 Å². The predicted octanol–water partition coefficient (Wildman–Crippen LogP) is 3.45. The van der Waals surface area contributed by atoms with Crippen LogP contribution < -0.4 is 9.47 Å². The lowest BCUT2D eigenvalue weighted by Crippen LogP contribution is -2.40. The molecule has 0 N–H and O–H groups in total. The third-order valence-corrected chi connectivity index (χ3v) is 6.39. The molecule has 0 bridgehead atoms. The van der Waals surface area contributed by atoms with E-state index in [0.717, 1.165) is 29.5 Å². The highest BCUT2D eigenvalue weighted by Crippen LogP contribution is 2.39. The van der Waals surface area contributed by atoms with Crippen LogP contribution in [0.2, 0.25) is 0 Å². The van der Waals surface area contributed by atoms with Crippen molar-refractivity contribution < 1.29 is 33.4 Å². The Morgan fingerprint density at radius 1 is 1.12 bits per heavy atom. The second kappa shape index (κ2) is 11.6. The van der Waals surface area contributed by atoms with Crippen molar-refractivity contribution in [2.24, 2.45) is 0 Å². The van der Waals surface area contributed by atoms with Crippen LogP contribution in [0.3, 0.4) is 0 Å². The topological polar surface area (TPSA) is 102 Å². The summed E-state index contributed by atoms with van der Waals surface area (Å²) in [5.41, 5.74) is 0.588. The number of halogens is 1. The molecule has 0 spiro atoms. The minimum Gasteiger partial charge on any atom is -0.490 e. The molecule has 2 heterocycles. The van der Waals surface area contributed by atoms with Gasteiger partial charge in [-0.1, -0.05) is 0 Å². The van der Waals surface area contributed by atoms with Crippen molar-refractivity contribution in [2.45, 2.75) is 26.7 Å². The van der Waals surface area contributed by atoms with Crippen LogP contribution in [0.25, 0.3) is 6.08 Å². The quantitative estimate of drug-likeness (QED) is 0.346. The Bertz CT molecular complexity index is 976. The Hall–Kier alpha value is -2.53. The summed E-state index contributed by atoms with van der Waals surface area (Å²) >= 11 is 4.20. The monoisotopic (exact) mass is 540 g/mol. The van der Waals surface area contributed by atoms with Crippen molar-refractivity contribution in [1.82, 2.24) is 9.80 Å². The first-order valence-corrected chi connectivity index (χ1v) is 12.2. The van der Waals surface area contributed by atoms with Crippen molar-refractivity contribution in [3.63, 3.8) is 0 Å². The molecular formula is C22H25BrN2O7S. The van der Waals surface area contributed by atoms with Crippen molar-refractivity contribution in [1.29, 1.82) is 0 Å². The zero-order chi connectivity index (χ0) is 24.0. The number of hydrogen-bond donors (Lipinski definition) is 0. The summed E-state index contributed by atoms with van der Waals surface area (Å²) in [6.07, 6.45) is 3.43. The van der Waals surface area contributed by atoms with Crippen LogP contribution in [-0.4, -0.2) is 72.3 Å². The molecule has 0 atom stereocenters. The van der Waals surface area contributed by atoms with Crippen LogP contribution in [0, 0.1) is 0 Å². The number of hydrogen-bond acceptors (Lipinski definition) is 8. The van der Waals surface area contributed by atoms with Gasteiger partial charge in [0.25, 0.3) is 11.1 Å². The Morgan fingerprint density at radius 2 is 1.85 bits per heavy atom. The molecule has 2 saturated heterocycles. The minimum atomic E-state index is -0.506. The molecule has 2 fully saturated rings. The molecule has 0 radical (unpaired) electrons. The van der Waals surface area contributed by atoms with Crippen LogP contribution in [0.5, 0.6) is 11.5 Å². The third-order valence-electron chi connectivity index (χ3n) is 4.89. The summed E-state index contributed by atoms with van der Waals surface area (Å²) < 4.78 is 16.6. The Morgan fingerprint density at radius 3 is 2.52 bits per heavy atom. The molecule has 0 aliphatic carbocycles. The fourth-order valence-electron chi connectivity index (χ4n) is 3.40. The molecule has 1 aromatic rings. The molecule has 2 aliphatic heterocycles. The summed E-state index contributed by atoms with van der Waals surface area (Å²) in [5.74, 6) is -0.542. The molecule has 3 amide bonds. The Balaban J connectivity index is 1.77. The third kappa shape index (κ3) is 6.29. The summed E-state index contributed by atoms with van der Waals surface area (Å²) in [6, 6.07) is 3.34.